The zero-order valence-corrected chi connectivity index (χ0v) is 10.7. The fraction of sp³-hybridized carbons (Fsp3) is 0.133. The molecule has 0 saturated carbocycles. The van der Waals surface area contributed by atoms with Crippen LogP contribution in [-0.4, -0.2) is 15.6 Å². The molecule has 4 heteroatoms. The van der Waals surface area contributed by atoms with Crippen LogP contribution in [0.25, 0.3) is 22.4 Å². The van der Waals surface area contributed by atoms with Gasteiger partial charge in [0.25, 0.3) is 0 Å². The van der Waals surface area contributed by atoms with Crippen LogP contribution in [0.5, 0.6) is 0 Å². The lowest BCUT2D eigenvalue weighted by Crippen LogP contribution is -2.04. The fourth-order valence-corrected chi connectivity index (χ4v) is 2.26. The van der Waals surface area contributed by atoms with E-state index in [1.54, 1.807) is 23.7 Å². The number of furan rings is 1. The SMILES string of the molecule is Cc1ccc2oc(-c3ccc(C(=O)O)n3C)cc2c1. The van der Waals surface area contributed by atoms with Crippen molar-refractivity contribution in [3.63, 3.8) is 0 Å². The normalized spacial score (nSPS) is 11.1. The molecule has 3 rings (SSSR count). The number of benzene rings is 1. The maximum absolute atomic E-state index is 11.0. The van der Waals surface area contributed by atoms with Crippen LogP contribution in [0.2, 0.25) is 0 Å². The summed E-state index contributed by atoms with van der Waals surface area (Å²) in [6.07, 6.45) is 0. The molecule has 2 heterocycles. The minimum Gasteiger partial charge on any atom is -0.477 e. The summed E-state index contributed by atoms with van der Waals surface area (Å²) in [5.41, 5.74) is 2.97. The fourth-order valence-electron chi connectivity index (χ4n) is 2.26. The molecule has 0 aliphatic rings. The number of hydrogen-bond acceptors (Lipinski definition) is 2. The highest BCUT2D eigenvalue weighted by atomic mass is 16.4. The number of carbonyl (C=O) groups is 1. The van der Waals surface area contributed by atoms with Crippen LogP contribution in [0.3, 0.4) is 0 Å². The van der Waals surface area contributed by atoms with Gasteiger partial charge in [-0.2, -0.15) is 0 Å². The summed E-state index contributed by atoms with van der Waals surface area (Å²) < 4.78 is 7.39. The van der Waals surface area contributed by atoms with Crippen molar-refractivity contribution in [1.82, 2.24) is 4.57 Å². The van der Waals surface area contributed by atoms with E-state index in [2.05, 4.69) is 0 Å². The average molecular weight is 255 g/mol. The molecule has 1 aromatic carbocycles. The van der Waals surface area contributed by atoms with Crippen molar-refractivity contribution in [2.75, 3.05) is 0 Å². The standard InChI is InChI=1S/C15H13NO3/c1-9-3-6-13-10(7-9)8-14(19-13)11-4-5-12(15(17)18)16(11)2/h3-8H,1-2H3,(H,17,18). The van der Waals surface area contributed by atoms with Crippen LogP contribution < -0.4 is 0 Å². The highest BCUT2D eigenvalue weighted by Crippen LogP contribution is 2.29. The second kappa shape index (κ2) is 4.02. The second-order valence-corrected chi connectivity index (χ2v) is 4.62. The monoisotopic (exact) mass is 255 g/mol. The molecule has 0 bridgehead atoms. The number of hydrogen-bond donors (Lipinski definition) is 1. The molecule has 0 radical (unpaired) electrons. The summed E-state index contributed by atoms with van der Waals surface area (Å²) >= 11 is 0. The average Bonchev–Trinajstić information content (AvgIpc) is 2.91. The highest BCUT2D eigenvalue weighted by molar-refractivity contribution is 5.88. The van der Waals surface area contributed by atoms with E-state index < -0.39 is 5.97 Å². The van der Waals surface area contributed by atoms with Crippen molar-refractivity contribution in [2.24, 2.45) is 7.05 Å². The summed E-state index contributed by atoms with van der Waals surface area (Å²) in [6, 6.07) is 11.2. The molecule has 0 saturated heterocycles. The first-order valence-corrected chi connectivity index (χ1v) is 5.96. The number of aromatic nitrogens is 1. The minimum absolute atomic E-state index is 0.242. The third kappa shape index (κ3) is 1.81. The Kier molecular flexibility index (Phi) is 2.45. The number of nitrogens with zero attached hydrogens (tertiary/aromatic N) is 1. The van der Waals surface area contributed by atoms with Gasteiger partial charge in [0, 0.05) is 12.4 Å². The van der Waals surface area contributed by atoms with Crippen LogP contribution in [0, 0.1) is 6.92 Å². The van der Waals surface area contributed by atoms with Gasteiger partial charge in [0.15, 0.2) is 5.76 Å². The number of rotatable bonds is 2. The third-order valence-corrected chi connectivity index (χ3v) is 3.27. The Morgan fingerprint density at radius 3 is 2.68 bits per heavy atom. The van der Waals surface area contributed by atoms with E-state index in [0.29, 0.717) is 5.76 Å². The molecule has 96 valence electrons. The molecule has 4 nitrogen and oxygen atoms in total. The molecular formula is C15H13NO3. The predicted octanol–water partition coefficient (Wildman–Crippen LogP) is 3.44. The largest absolute Gasteiger partial charge is 0.477 e. The van der Waals surface area contributed by atoms with E-state index in [1.807, 2.05) is 31.2 Å². The van der Waals surface area contributed by atoms with Gasteiger partial charge < -0.3 is 14.1 Å². The molecule has 0 spiro atoms. The van der Waals surface area contributed by atoms with E-state index in [1.165, 1.54) is 0 Å². The lowest BCUT2D eigenvalue weighted by molar-refractivity contribution is 0.0687. The Labute approximate surface area is 109 Å². The van der Waals surface area contributed by atoms with E-state index in [-0.39, 0.29) is 5.69 Å². The third-order valence-electron chi connectivity index (χ3n) is 3.27. The predicted molar refractivity (Wildman–Crippen MR) is 72.3 cm³/mol. The number of fused-ring (bicyclic) bond motifs is 1. The van der Waals surface area contributed by atoms with Gasteiger partial charge in [-0.25, -0.2) is 4.79 Å². The topological polar surface area (TPSA) is 55.4 Å². The summed E-state index contributed by atoms with van der Waals surface area (Å²) in [5, 5.41) is 10.1. The molecule has 0 amide bonds. The molecule has 0 fully saturated rings. The van der Waals surface area contributed by atoms with Gasteiger partial charge in [0.1, 0.15) is 11.3 Å². The molecule has 2 aromatic heterocycles. The first-order chi connectivity index (χ1) is 9.06. The number of aryl methyl sites for hydroxylation is 1. The second-order valence-electron chi connectivity index (χ2n) is 4.62. The molecule has 3 aromatic rings. The molecule has 19 heavy (non-hydrogen) atoms. The van der Waals surface area contributed by atoms with Gasteiger partial charge in [0.05, 0.1) is 5.69 Å². The van der Waals surface area contributed by atoms with E-state index in [4.69, 9.17) is 9.52 Å². The van der Waals surface area contributed by atoms with Crippen molar-refractivity contribution in [2.45, 2.75) is 6.92 Å². The number of carboxylic acids is 1. The molecule has 1 N–H and O–H groups in total. The lowest BCUT2D eigenvalue weighted by Gasteiger charge is -2.01. The Balaban J connectivity index is 2.16. The quantitative estimate of drug-likeness (QED) is 0.763. The smallest absolute Gasteiger partial charge is 0.352 e. The van der Waals surface area contributed by atoms with Gasteiger partial charge in [-0.15, -0.1) is 0 Å². The van der Waals surface area contributed by atoms with Crippen molar-refractivity contribution in [3.8, 4) is 11.5 Å². The molecule has 0 atom stereocenters. The lowest BCUT2D eigenvalue weighted by atomic mass is 10.2. The zero-order valence-electron chi connectivity index (χ0n) is 10.7. The Hall–Kier alpha value is -2.49. The first-order valence-electron chi connectivity index (χ1n) is 5.96. The van der Waals surface area contributed by atoms with E-state index in [9.17, 15) is 4.79 Å². The summed E-state index contributed by atoms with van der Waals surface area (Å²) in [6.45, 7) is 2.02. The number of carboxylic acid groups (broad SMARTS) is 1. The van der Waals surface area contributed by atoms with Crippen LogP contribution >= 0.6 is 0 Å². The van der Waals surface area contributed by atoms with Crippen LogP contribution in [-0.2, 0) is 7.05 Å². The highest BCUT2D eigenvalue weighted by Gasteiger charge is 2.15. The van der Waals surface area contributed by atoms with Gasteiger partial charge in [-0.05, 0) is 37.3 Å². The first kappa shape index (κ1) is 11.6. The zero-order chi connectivity index (χ0) is 13.6. The van der Waals surface area contributed by atoms with Gasteiger partial charge in [0.2, 0.25) is 0 Å². The van der Waals surface area contributed by atoms with Crippen molar-refractivity contribution < 1.29 is 14.3 Å². The molecule has 0 aliphatic carbocycles. The minimum atomic E-state index is -0.944. The van der Waals surface area contributed by atoms with Crippen molar-refractivity contribution >= 4 is 16.9 Å². The van der Waals surface area contributed by atoms with Gasteiger partial charge in [-0.1, -0.05) is 11.6 Å². The van der Waals surface area contributed by atoms with Crippen molar-refractivity contribution in [3.05, 3.63) is 47.7 Å². The van der Waals surface area contributed by atoms with Crippen LogP contribution in [0.1, 0.15) is 16.1 Å². The van der Waals surface area contributed by atoms with Crippen LogP contribution in [0.15, 0.2) is 40.8 Å². The molecule has 0 unspecified atom stereocenters. The Morgan fingerprint density at radius 1 is 1.21 bits per heavy atom. The van der Waals surface area contributed by atoms with Gasteiger partial charge in [-0.3, -0.25) is 0 Å². The summed E-state index contributed by atoms with van der Waals surface area (Å²) in [7, 11) is 1.72. The van der Waals surface area contributed by atoms with Crippen molar-refractivity contribution in [1.29, 1.82) is 0 Å². The number of aromatic carboxylic acids is 1. The van der Waals surface area contributed by atoms with Crippen LogP contribution in [0.4, 0.5) is 0 Å². The summed E-state index contributed by atoms with van der Waals surface area (Å²) in [4.78, 5) is 11.0. The Bertz CT molecular complexity index is 780. The van der Waals surface area contributed by atoms with Gasteiger partial charge >= 0.3 is 5.97 Å². The molecule has 0 aliphatic heterocycles. The maximum Gasteiger partial charge on any atom is 0.352 e. The Morgan fingerprint density at radius 2 is 2.00 bits per heavy atom. The van der Waals surface area contributed by atoms with E-state index >= 15 is 0 Å². The summed E-state index contributed by atoms with van der Waals surface area (Å²) in [5.74, 6) is -0.267. The van der Waals surface area contributed by atoms with E-state index in [0.717, 1.165) is 22.2 Å². The maximum atomic E-state index is 11.0. The molecular weight excluding hydrogens is 242 g/mol.